The molecule has 6 aliphatic carbocycles. The van der Waals surface area contributed by atoms with E-state index in [1.54, 1.807) is 0 Å². The summed E-state index contributed by atoms with van der Waals surface area (Å²) < 4.78 is 0. The van der Waals surface area contributed by atoms with Gasteiger partial charge in [-0.25, -0.2) is 0 Å². The van der Waals surface area contributed by atoms with Gasteiger partial charge in [-0.15, -0.1) is 0 Å². The minimum absolute atomic E-state index is 0.0316. The highest BCUT2D eigenvalue weighted by atomic mass is 16.3. The number of aliphatic hydroxyl groups is 2. The van der Waals surface area contributed by atoms with Crippen LogP contribution in [0.4, 0.5) is 0 Å². The van der Waals surface area contributed by atoms with E-state index >= 15 is 0 Å². The number of nitrogens with zero attached hydrogens (tertiary/aromatic N) is 1. The van der Waals surface area contributed by atoms with Crippen molar-refractivity contribution in [3.8, 4) is 0 Å². The van der Waals surface area contributed by atoms with Crippen LogP contribution in [0.1, 0.15) is 39.0 Å². The molecule has 124 valence electrons. The molecule has 0 aromatic rings. The molecule has 3 nitrogen and oxygen atoms in total. The molecule has 0 radical (unpaired) electrons. The van der Waals surface area contributed by atoms with Gasteiger partial charge in [0.25, 0.3) is 0 Å². The highest BCUT2D eigenvalue weighted by molar-refractivity contribution is 5.43. The first-order valence-electron chi connectivity index (χ1n) is 9.77. The molecule has 9 bridgehead atoms. The van der Waals surface area contributed by atoms with Crippen molar-refractivity contribution in [1.82, 2.24) is 4.90 Å². The van der Waals surface area contributed by atoms with E-state index in [1.165, 1.54) is 25.8 Å². The summed E-state index contributed by atoms with van der Waals surface area (Å²) in [7, 11) is 0. The van der Waals surface area contributed by atoms with E-state index in [0.29, 0.717) is 34.7 Å². The molecular formula is C20H27NO2. The quantitative estimate of drug-likeness (QED) is 0.670. The van der Waals surface area contributed by atoms with Crippen LogP contribution < -0.4 is 0 Å². The van der Waals surface area contributed by atoms with Crippen LogP contribution in [0.3, 0.4) is 0 Å². The van der Waals surface area contributed by atoms with Gasteiger partial charge in [0.2, 0.25) is 0 Å². The summed E-state index contributed by atoms with van der Waals surface area (Å²) in [6.45, 7) is 8.04. The first-order valence-corrected chi connectivity index (χ1v) is 9.77. The SMILES string of the molecule is C=C1[C@H]2C[C@H]3C4N5C[C@]6(C)CCC[C@]47[C@H]([C@H]2O)C3(CC5[C@H]67)[C@@H]1O. The smallest absolute Gasteiger partial charge is 0.0815 e. The lowest BCUT2D eigenvalue weighted by molar-refractivity contribution is -0.213. The maximum absolute atomic E-state index is 11.3. The largest absolute Gasteiger partial charge is 0.392 e. The molecule has 9 aliphatic rings. The van der Waals surface area contributed by atoms with Gasteiger partial charge in [0.05, 0.1) is 12.2 Å². The topological polar surface area (TPSA) is 43.7 Å². The summed E-state index contributed by atoms with van der Waals surface area (Å²) in [6.07, 6.45) is 5.64. The van der Waals surface area contributed by atoms with Crippen molar-refractivity contribution in [2.24, 2.45) is 39.9 Å². The Morgan fingerprint density at radius 1 is 1.17 bits per heavy atom. The van der Waals surface area contributed by atoms with Gasteiger partial charge in [0, 0.05) is 35.9 Å². The third-order valence-corrected chi connectivity index (χ3v) is 10.3. The average molecular weight is 313 g/mol. The van der Waals surface area contributed by atoms with E-state index in [0.717, 1.165) is 24.3 Å². The monoisotopic (exact) mass is 313 g/mol. The Kier molecular flexibility index (Phi) is 1.79. The number of rotatable bonds is 0. The van der Waals surface area contributed by atoms with E-state index in [9.17, 15) is 10.2 Å². The number of fused-ring (bicyclic) bond motifs is 1. The Hall–Kier alpha value is -0.380. The van der Waals surface area contributed by atoms with Gasteiger partial charge in [0.1, 0.15) is 0 Å². The van der Waals surface area contributed by atoms with Crippen molar-refractivity contribution in [3.63, 3.8) is 0 Å². The average Bonchev–Trinajstić information content (AvgIpc) is 2.93. The van der Waals surface area contributed by atoms with E-state index in [2.05, 4.69) is 18.4 Å². The van der Waals surface area contributed by atoms with Gasteiger partial charge >= 0.3 is 0 Å². The van der Waals surface area contributed by atoms with Crippen molar-refractivity contribution in [1.29, 1.82) is 0 Å². The van der Waals surface area contributed by atoms with E-state index in [-0.39, 0.29) is 23.5 Å². The molecule has 6 saturated carbocycles. The molecule has 0 aromatic heterocycles. The van der Waals surface area contributed by atoms with Crippen LogP contribution in [0.15, 0.2) is 12.2 Å². The summed E-state index contributed by atoms with van der Waals surface area (Å²) >= 11 is 0. The first-order chi connectivity index (χ1) is 11.0. The second-order valence-corrected chi connectivity index (χ2v) is 10.5. The van der Waals surface area contributed by atoms with Gasteiger partial charge < -0.3 is 10.2 Å². The lowest BCUT2D eigenvalue weighted by Crippen LogP contribution is -2.68. The zero-order valence-electron chi connectivity index (χ0n) is 13.9. The first kappa shape index (κ1) is 12.9. The molecule has 2 N–H and O–H groups in total. The van der Waals surface area contributed by atoms with Gasteiger partial charge in [-0.2, -0.15) is 0 Å². The predicted molar refractivity (Wildman–Crippen MR) is 85.5 cm³/mol. The number of hydrogen-bond acceptors (Lipinski definition) is 3. The Bertz CT molecular complexity index is 677. The Labute approximate surface area is 137 Å². The molecule has 0 amide bonds. The summed E-state index contributed by atoms with van der Waals surface area (Å²) in [5.41, 5.74) is 1.72. The van der Waals surface area contributed by atoms with Crippen molar-refractivity contribution < 1.29 is 10.2 Å². The number of hydrogen-bond donors (Lipinski definition) is 2. The maximum Gasteiger partial charge on any atom is 0.0815 e. The van der Waals surface area contributed by atoms with E-state index < -0.39 is 0 Å². The van der Waals surface area contributed by atoms with Gasteiger partial charge in [-0.3, -0.25) is 4.90 Å². The normalized spacial score (nSPS) is 75.6. The summed E-state index contributed by atoms with van der Waals surface area (Å²) in [5.74, 6) is 1.90. The highest BCUT2D eigenvalue weighted by Gasteiger charge is 2.89. The molecule has 3 saturated heterocycles. The zero-order chi connectivity index (χ0) is 15.5. The molecule has 9 rings (SSSR count). The minimum atomic E-state index is -0.349. The standard InChI is InChI=1S/C20H27NO2/c1-9-10-6-11-16-19-5-3-4-18(2)8-21(16)12(14(18)19)7-20(11,17(9)23)15(19)13(10)22/h10-17,22-23H,1,3-8H2,2H3/t10-,11+,12?,13+,14-,15+,16?,17-,18+,19+,20?/m1/s1. The van der Waals surface area contributed by atoms with E-state index in [4.69, 9.17) is 0 Å². The summed E-state index contributed by atoms with van der Waals surface area (Å²) in [4.78, 5) is 2.88. The molecule has 3 aliphatic heterocycles. The lowest BCUT2D eigenvalue weighted by Gasteiger charge is -2.66. The Balaban J connectivity index is 1.55. The molecule has 3 heterocycles. The molecule has 0 aromatic carbocycles. The van der Waals surface area contributed by atoms with Crippen molar-refractivity contribution in [2.45, 2.75) is 63.3 Å². The van der Waals surface area contributed by atoms with Crippen molar-refractivity contribution >= 4 is 0 Å². The molecule has 4 unspecified atom stereocenters. The van der Waals surface area contributed by atoms with Crippen molar-refractivity contribution in [2.75, 3.05) is 6.54 Å². The van der Waals surface area contributed by atoms with Gasteiger partial charge in [-0.1, -0.05) is 19.9 Å². The maximum atomic E-state index is 11.3. The third-order valence-electron chi connectivity index (χ3n) is 10.3. The van der Waals surface area contributed by atoms with Crippen LogP contribution >= 0.6 is 0 Å². The fourth-order valence-corrected chi connectivity index (χ4v) is 10.5. The van der Waals surface area contributed by atoms with E-state index in [1.807, 2.05) is 0 Å². The molecule has 23 heavy (non-hydrogen) atoms. The predicted octanol–water partition coefficient (Wildman–Crippen LogP) is 1.79. The Morgan fingerprint density at radius 3 is 2.83 bits per heavy atom. The van der Waals surface area contributed by atoms with Crippen LogP contribution in [-0.2, 0) is 0 Å². The fourth-order valence-electron chi connectivity index (χ4n) is 10.5. The molecule has 9 fully saturated rings. The molecule has 12 atom stereocenters. The van der Waals surface area contributed by atoms with Crippen LogP contribution in [0.2, 0.25) is 0 Å². The van der Waals surface area contributed by atoms with Crippen LogP contribution in [0.25, 0.3) is 0 Å². The highest BCUT2D eigenvalue weighted by Crippen LogP contribution is 2.86. The second kappa shape index (κ2) is 3.20. The summed E-state index contributed by atoms with van der Waals surface area (Å²) in [6, 6.07) is 1.34. The third kappa shape index (κ3) is 0.910. The minimum Gasteiger partial charge on any atom is -0.392 e. The zero-order valence-corrected chi connectivity index (χ0v) is 13.9. The van der Waals surface area contributed by atoms with Gasteiger partial charge in [0.15, 0.2) is 0 Å². The Morgan fingerprint density at radius 2 is 2.00 bits per heavy atom. The van der Waals surface area contributed by atoms with Crippen LogP contribution in [0.5, 0.6) is 0 Å². The fraction of sp³-hybridized carbons (Fsp3) is 0.900. The molecular weight excluding hydrogens is 286 g/mol. The van der Waals surface area contributed by atoms with Crippen LogP contribution in [-0.4, -0.2) is 45.9 Å². The van der Waals surface area contributed by atoms with Gasteiger partial charge in [-0.05, 0) is 53.9 Å². The van der Waals surface area contributed by atoms with Crippen LogP contribution in [0, 0.1) is 39.9 Å². The molecule has 2 spiro atoms. The summed E-state index contributed by atoms with van der Waals surface area (Å²) in [5, 5.41) is 22.6. The lowest BCUT2D eigenvalue weighted by atomic mass is 9.39. The number of piperidine rings is 2. The second-order valence-electron chi connectivity index (χ2n) is 10.5. The van der Waals surface area contributed by atoms with Crippen molar-refractivity contribution in [3.05, 3.63) is 12.2 Å². The number of aliphatic hydroxyl groups excluding tert-OH is 2. The molecule has 3 heteroatoms.